The van der Waals surface area contributed by atoms with Gasteiger partial charge in [-0.25, -0.2) is 4.98 Å². The molecular formula is C32H41N3O5S. The van der Waals surface area contributed by atoms with Crippen molar-refractivity contribution in [1.82, 2.24) is 9.88 Å². The summed E-state index contributed by atoms with van der Waals surface area (Å²) in [6.07, 6.45) is 6.37. The van der Waals surface area contributed by atoms with Crippen molar-refractivity contribution in [2.45, 2.75) is 52.6 Å². The van der Waals surface area contributed by atoms with E-state index in [0.29, 0.717) is 6.61 Å². The Bertz CT molecular complexity index is 1310. The zero-order valence-electron chi connectivity index (χ0n) is 24.2. The Balaban J connectivity index is 0.000000728. The number of aromatic nitrogens is 1. The van der Waals surface area contributed by atoms with E-state index in [0.717, 1.165) is 96.8 Å². The summed E-state index contributed by atoms with van der Waals surface area (Å²) in [6, 6.07) is 12.3. The fourth-order valence-corrected chi connectivity index (χ4v) is 6.96. The molecule has 2 aliphatic heterocycles. The van der Waals surface area contributed by atoms with E-state index in [1.54, 1.807) is 11.3 Å². The van der Waals surface area contributed by atoms with Crippen LogP contribution in [0.5, 0.6) is 5.75 Å². The number of carboxylic acid groups (broad SMARTS) is 1. The number of aliphatic hydroxyl groups excluding tert-OH is 1. The first-order valence-electron chi connectivity index (χ1n) is 14.3. The summed E-state index contributed by atoms with van der Waals surface area (Å²) >= 11 is 1.75. The molecule has 8 nitrogen and oxygen atoms in total. The van der Waals surface area contributed by atoms with E-state index < -0.39 is 0 Å². The van der Waals surface area contributed by atoms with Crippen molar-refractivity contribution < 1.29 is 24.5 Å². The highest BCUT2D eigenvalue weighted by atomic mass is 32.1. The van der Waals surface area contributed by atoms with Crippen LogP contribution in [0.4, 0.5) is 5.13 Å². The minimum atomic E-state index is -0.250. The average molecular weight is 580 g/mol. The molecule has 2 aromatic carbocycles. The van der Waals surface area contributed by atoms with Gasteiger partial charge in [-0.1, -0.05) is 17.7 Å². The highest BCUT2D eigenvalue weighted by molar-refractivity contribution is 7.14. The Morgan fingerprint density at radius 3 is 2.41 bits per heavy atom. The molecule has 3 fully saturated rings. The predicted molar refractivity (Wildman–Crippen MR) is 163 cm³/mol. The van der Waals surface area contributed by atoms with Crippen LogP contribution in [0.1, 0.15) is 59.2 Å². The van der Waals surface area contributed by atoms with Crippen LogP contribution in [0.2, 0.25) is 0 Å². The lowest BCUT2D eigenvalue weighted by Gasteiger charge is -2.31. The Morgan fingerprint density at radius 1 is 1.07 bits per heavy atom. The number of nitrogens with zero attached hydrogens (tertiary/aromatic N) is 3. The summed E-state index contributed by atoms with van der Waals surface area (Å²) in [5.41, 5.74) is 6.21. The number of aryl methyl sites for hydroxylation is 2. The topological polar surface area (TPSA) is 103 Å². The van der Waals surface area contributed by atoms with Crippen molar-refractivity contribution in [2.75, 3.05) is 38.2 Å². The van der Waals surface area contributed by atoms with Crippen molar-refractivity contribution in [3.05, 3.63) is 64.0 Å². The number of carbonyl (C=O) groups is 2. The molecule has 0 spiro atoms. The number of amides is 1. The van der Waals surface area contributed by atoms with Crippen molar-refractivity contribution >= 4 is 28.8 Å². The van der Waals surface area contributed by atoms with Gasteiger partial charge in [-0.2, -0.15) is 0 Å². The summed E-state index contributed by atoms with van der Waals surface area (Å²) in [4.78, 5) is 30.7. The SMILES string of the molecule is CO.Cc1ccc(OCc2ccc(C(=O)N3CCCC3)cc2C)c(-c2csc(N3CC4CCC(C4)C3)n2)c1.O=CO. The molecule has 1 amide bonds. The quantitative estimate of drug-likeness (QED) is 0.357. The van der Waals surface area contributed by atoms with Crippen molar-refractivity contribution in [2.24, 2.45) is 11.8 Å². The van der Waals surface area contributed by atoms with Gasteiger partial charge >= 0.3 is 0 Å². The number of carbonyl (C=O) groups excluding carboxylic acids is 1. The maximum absolute atomic E-state index is 12.8. The normalized spacial score (nSPS) is 19.1. The summed E-state index contributed by atoms with van der Waals surface area (Å²) in [5, 5.41) is 17.2. The molecular weight excluding hydrogens is 538 g/mol. The van der Waals surface area contributed by atoms with Crippen molar-refractivity contribution in [3.63, 3.8) is 0 Å². The molecule has 1 saturated carbocycles. The van der Waals surface area contributed by atoms with Gasteiger partial charge in [0.2, 0.25) is 0 Å². The zero-order valence-corrected chi connectivity index (χ0v) is 25.0. The third-order valence-corrected chi connectivity index (χ3v) is 9.05. The van der Waals surface area contributed by atoms with Crippen LogP contribution in [0.25, 0.3) is 11.3 Å². The standard InChI is InChI=1S/C30H35N3O2S.CH2O2.CH4O/c1-20-5-10-28(35-18-25-9-8-24(14-21(25)2)29(34)32-11-3-4-12-32)26(13-20)27-19-36-30(31-27)33-16-22-6-7-23(15-22)17-33;2-1-3;1-2/h5,8-10,13-14,19,22-23H,3-4,6-7,11-12,15-18H2,1-2H3;1H,(H,2,3);2H,1H3. The number of benzene rings is 2. The molecule has 6 rings (SSSR count). The Kier molecular flexibility index (Phi) is 10.8. The van der Waals surface area contributed by atoms with E-state index >= 15 is 0 Å². The van der Waals surface area contributed by atoms with Crippen LogP contribution in [0, 0.1) is 25.7 Å². The molecule has 2 unspecified atom stereocenters. The number of hydrogen-bond acceptors (Lipinski definition) is 7. The predicted octanol–water partition coefficient (Wildman–Crippen LogP) is 5.79. The van der Waals surface area contributed by atoms with Gasteiger partial charge in [0, 0.05) is 49.8 Å². The molecule has 1 aliphatic carbocycles. The van der Waals surface area contributed by atoms with Gasteiger partial charge in [-0.05, 0) is 93.2 Å². The second kappa shape index (κ2) is 14.5. The highest BCUT2D eigenvalue weighted by Crippen LogP contribution is 2.40. The summed E-state index contributed by atoms with van der Waals surface area (Å²) in [6.45, 7) is 8.43. The molecule has 2 bridgehead atoms. The number of piperidine rings is 1. The fraction of sp³-hybridized carbons (Fsp3) is 0.469. The van der Waals surface area contributed by atoms with Crippen LogP contribution in [-0.4, -0.2) is 65.8 Å². The van der Waals surface area contributed by atoms with Gasteiger partial charge in [0.05, 0.1) is 5.69 Å². The Labute approximate surface area is 246 Å². The highest BCUT2D eigenvalue weighted by Gasteiger charge is 2.34. The molecule has 9 heteroatoms. The van der Waals surface area contributed by atoms with E-state index in [2.05, 4.69) is 42.3 Å². The monoisotopic (exact) mass is 579 g/mol. The zero-order chi connectivity index (χ0) is 29.4. The summed E-state index contributed by atoms with van der Waals surface area (Å²) in [5.74, 6) is 2.68. The first-order chi connectivity index (χ1) is 19.9. The van der Waals surface area contributed by atoms with Crippen LogP contribution in [0.15, 0.2) is 41.8 Å². The molecule has 2 saturated heterocycles. The Morgan fingerprint density at radius 2 is 1.76 bits per heavy atom. The number of ether oxygens (including phenoxy) is 1. The van der Waals surface area contributed by atoms with E-state index in [1.165, 1.54) is 24.8 Å². The van der Waals surface area contributed by atoms with Crippen molar-refractivity contribution in [1.29, 1.82) is 0 Å². The van der Waals surface area contributed by atoms with Gasteiger partial charge in [-0.3, -0.25) is 9.59 Å². The van der Waals surface area contributed by atoms with Crippen molar-refractivity contribution in [3.8, 4) is 17.0 Å². The lowest BCUT2D eigenvalue weighted by Crippen LogP contribution is -2.36. The summed E-state index contributed by atoms with van der Waals surface area (Å²) < 4.78 is 6.37. The molecule has 3 aromatic rings. The molecule has 3 heterocycles. The van der Waals surface area contributed by atoms with Crippen LogP contribution in [0.3, 0.4) is 0 Å². The summed E-state index contributed by atoms with van der Waals surface area (Å²) in [7, 11) is 1.00. The van der Waals surface area contributed by atoms with E-state index in [4.69, 9.17) is 24.7 Å². The smallest absolute Gasteiger partial charge is 0.290 e. The number of likely N-dealkylation sites (tertiary alicyclic amines) is 1. The molecule has 2 atom stereocenters. The van der Waals surface area contributed by atoms with E-state index in [1.807, 2.05) is 23.1 Å². The fourth-order valence-electron chi connectivity index (χ4n) is 6.12. The molecule has 41 heavy (non-hydrogen) atoms. The largest absolute Gasteiger partial charge is 0.488 e. The lowest BCUT2D eigenvalue weighted by molar-refractivity contribution is -0.122. The van der Waals surface area contributed by atoms with Gasteiger partial charge < -0.3 is 24.7 Å². The second-order valence-electron chi connectivity index (χ2n) is 11.0. The van der Waals surface area contributed by atoms with E-state index in [-0.39, 0.29) is 12.4 Å². The van der Waals surface area contributed by atoms with Gasteiger partial charge in [0.1, 0.15) is 12.4 Å². The first-order valence-corrected chi connectivity index (χ1v) is 15.2. The third kappa shape index (κ3) is 7.45. The van der Waals surface area contributed by atoms with Gasteiger partial charge in [-0.15, -0.1) is 11.3 Å². The number of fused-ring (bicyclic) bond motifs is 2. The van der Waals surface area contributed by atoms with Gasteiger partial charge in [0.25, 0.3) is 12.4 Å². The maximum Gasteiger partial charge on any atom is 0.290 e. The average Bonchev–Trinajstić information content (AvgIpc) is 3.76. The van der Waals surface area contributed by atoms with Crippen LogP contribution < -0.4 is 9.64 Å². The van der Waals surface area contributed by atoms with Crippen LogP contribution in [-0.2, 0) is 11.4 Å². The Hall–Kier alpha value is -3.43. The molecule has 2 N–H and O–H groups in total. The lowest BCUT2D eigenvalue weighted by atomic mass is 9.99. The van der Waals surface area contributed by atoms with E-state index in [9.17, 15) is 4.79 Å². The van der Waals surface area contributed by atoms with Gasteiger partial charge in [0.15, 0.2) is 5.13 Å². The third-order valence-electron chi connectivity index (χ3n) is 8.15. The number of hydrogen-bond donors (Lipinski definition) is 2. The molecule has 0 radical (unpaired) electrons. The first kappa shape index (κ1) is 30.5. The molecule has 3 aliphatic rings. The number of thiazole rings is 1. The maximum atomic E-state index is 12.8. The molecule has 220 valence electrons. The number of anilines is 1. The number of aliphatic hydroxyl groups is 1. The number of rotatable bonds is 6. The minimum absolute atomic E-state index is 0.143. The minimum Gasteiger partial charge on any atom is -0.488 e. The van der Waals surface area contributed by atoms with Crippen LogP contribution >= 0.6 is 11.3 Å². The molecule has 1 aromatic heterocycles. The second-order valence-corrected chi connectivity index (χ2v) is 11.8.